The lowest BCUT2D eigenvalue weighted by Gasteiger charge is -2.07. The van der Waals surface area contributed by atoms with E-state index < -0.39 is 0 Å². The van der Waals surface area contributed by atoms with Crippen molar-refractivity contribution in [3.8, 4) is 10.9 Å². The van der Waals surface area contributed by atoms with Gasteiger partial charge in [-0.05, 0) is 50.1 Å². The number of nitrogens with one attached hydrogen (secondary N) is 1. The molecule has 0 spiro atoms. The van der Waals surface area contributed by atoms with Crippen molar-refractivity contribution in [2.45, 2.75) is 33.7 Å². The summed E-state index contributed by atoms with van der Waals surface area (Å²) in [5.41, 5.74) is 2.30. The van der Waals surface area contributed by atoms with E-state index in [4.69, 9.17) is 4.74 Å². The second-order valence-corrected chi connectivity index (χ2v) is 6.43. The predicted molar refractivity (Wildman–Crippen MR) is 85.6 cm³/mol. The Morgan fingerprint density at radius 3 is 2.60 bits per heavy atom. The normalized spacial score (nSPS) is 10.8. The van der Waals surface area contributed by atoms with Gasteiger partial charge < -0.3 is 10.1 Å². The fourth-order valence-electron chi connectivity index (χ4n) is 1.79. The number of hydrogen-bond donors (Lipinski definition) is 1. The summed E-state index contributed by atoms with van der Waals surface area (Å²) < 4.78 is 6.90. The molecule has 0 fully saturated rings. The summed E-state index contributed by atoms with van der Waals surface area (Å²) in [6, 6.07) is 3.99. The average Bonchev–Trinajstić information content (AvgIpc) is 2.84. The number of aryl methyl sites for hydroxylation is 2. The molecule has 1 heterocycles. The minimum absolute atomic E-state index is 0.583. The molecule has 0 saturated heterocycles. The second kappa shape index (κ2) is 7.15. The molecule has 0 unspecified atom stereocenters. The zero-order valence-electron chi connectivity index (χ0n) is 11.9. The lowest BCUT2D eigenvalue weighted by molar-refractivity contribution is 0.472. The third kappa shape index (κ3) is 4.01. The fraction of sp³-hybridized carbons (Fsp3) is 0.429. The first kappa shape index (κ1) is 15.4. The van der Waals surface area contributed by atoms with Crippen LogP contribution in [0, 0.1) is 13.8 Å². The van der Waals surface area contributed by atoms with Gasteiger partial charge >= 0.3 is 0 Å². The summed E-state index contributed by atoms with van der Waals surface area (Å²) in [5, 5.41) is 13.0. The molecule has 0 atom stereocenters. The molecule has 0 radical (unpaired) electrons. The first-order valence-electron chi connectivity index (χ1n) is 6.58. The SMILES string of the molecule is CCCNCc1nnc(Oc2cc(C)c(Br)c(C)c2)s1. The van der Waals surface area contributed by atoms with Crippen LogP contribution in [0.3, 0.4) is 0 Å². The Labute approximate surface area is 131 Å². The van der Waals surface area contributed by atoms with Crippen LogP contribution in [0.1, 0.15) is 29.5 Å². The predicted octanol–water partition coefficient (Wildman–Crippen LogP) is 4.21. The van der Waals surface area contributed by atoms with Gasteiger partial charge in [0.05, 0.1) is 0 Å². The van der Waals surface area contributed by atoms with Gasteiger partial charge in [0.2, 0.25) is 0 Å². The van der Waals surface area contributed by atoms with E-state index in [2.05, 4.69) is 38.4 Å². The van der Waals surface area contributed by atoms with Crippen LogP contribution in [-0.2, 0) is 6.54 Å². The van der Waals surface area contributed by atoms with Gasteiger partial charge in [-0.15, -0.1) is 5.10 Å². The highest BCUT2D eigenvalue weighted by Crippen LogP contribution is 2.30. The highest BCUT2D eigenvalue weighted by Gasteiger charge is 2.08. The molecule has 2 rings (SSSR count). The number of nitrogens with zero attached hydrogens (tertiary/aromatic N) is 2. The van der Waals surface area contributed by atoms with E-state index in [-0.39, 0.29) is 0 Å². The van der Waals surface area contributed by atoms with Gasteiger partial charge in [-0.3, -0.25) is 0 Å². The van der Waals surface area contributed by atoms with E-state index in [1.807, 2.05) is 26.0 Å². The third-order valence-electron chi connectivity index (χ3n) is 2.77. The minimum atomic E-state index is 0.583. The summed E-state index contributed by atoms with van der Waals surface area (Å²) in [6.45, 7) is 7.96. The summed E-state index contributed by atoms with van der Waals surface area (Å²) >= 11 is 5.02. The molecule has 20 heavy (non-hydrogen) atoms. The fourth-order valence-corrected chi connectivity index (χ4v) is 2.69. The highest BCUT2D eigenvalue weighted by atomic mass is 79.9. The number of hydrogen-bond acceptors (Lipinski definition) is 5. The molecular formula is C14H18BrN3OS. The summed E-state index contributed by atoms with van der Waals surface area (Å²) in [6.07, 6.45) is 1.11. The van der Waals surface area contributed by atoms with Gasteiger partial charge in [0.1, 0.15) is 10.8 Å². The number of aromatic nitrogens is 2. The maximum Gasteiger partial charge on any atom is 0.299 e. The molecule has 1 aromatic carbocycles. The molecule has 4 nitrogen and oxygen atoms in total. The van der Waals surface area contributed by atoms with Crippen LogP contribution >= 0.6 is 27.3 Å². The molecule has 1 N–H and O–H groups in total. The van der Waals surface area contributed by atoms with Gasteiger partial charge in [-0.1, -0.05) is 39.3 Å². The topological polar surface area (TPSA) is 47.0 Å². The molecular weight excluding hydrogens is 338 g/mol. The van der Waals surface area contributed by atoms with Gasteiger partial charge in [0, 0.05) is 11.0 Å². The molecule has 0 bridgehead atoms. The standard InChI is InChI=1S/C14H18BrN3OS/c1-4-5-16-8-12-17-18-14(20-12)19-11-6-9(2)13(15)10(3)7-11/h6-7,16H,4-5,8H2,1-3H3. The van der Waals surface area contributed by atoms with Gasteiger partial charge in [0.15, 0.2) is 0 Å². The van der Waals surface area contributed by atoms with Crippen LogP contribution in [0.15, 0.2) is 16.6 Å². The van der Waals surface area contributed by atoms with Crippen LogP contribution in [0.4, 0.5) is 0 Å². The molecule has 0 amide bonds. The van der Waals surface area contributed by atoms with Crippen molar-refractivity contribution in [2.75, 3.05) is 6.54 Å². The summed E-state index contributed by atoms with van der Waals surface area (Å²) in [7, 11) is 0. The maximum absolute atomic E-state index is 5.78. The van der Waals surface area contributed by atoms with Crippen LogP contribution < -0.4 is 10.1 Å². The Hall–Kier alpha value is -0.980. The number of rotatable bonds is 6. The zero-order valence-corrected chi connectivity index (χ0v) is 14.3. The van der Waals surface area contributed by atoms with Gasteiger partial charge in [-0.2, -0.15) is 0 Å². The first-order valence-corrected chi connectivity index (χ1v) is 8.18. The summed E-state index contributed by atoms with van der Waals surface area (Å²) in [5.74, 6) is 0.799. The molecule has 1 aromatic heterocycles. The highest BCUT2D eigenvalue weighted by molar-refractivity contribution is 9.10. The Bertz CT molecular complexity index is 563. The van der Waals surface area contributed by atoms with E-state index in [0.717, 1.165) is 45.9 Å². The smallest absolute Gasteiger partial charge is 0.299 e. The van der Waals surface area contributed by atoms with Crippen LogP contribution in [0.25, 0.3) is 0 Å². The first-order chi connectivity index (χ1) is 9.60. The van der Waals surface area contributed by atoms with Crippen molar-refractivity contribution in [1.82, 2.24) is 15.5 Å². The van der Waals surface area contributed by atoms with E-state index >= 15 is 0 Å². The van der Waals surface area contributed by atoms with E-state index in [1.165, 1.54) is 11.3 Å². The van der Waals surface area contributed by atoms with Gasteiger partial charge in [-0.25, -0.2) is 0 Å². The van der Waals surface area contributed by atoms with Crippen molar-refractivity contribution >= 4 is 27.3 Å². The largest absolute Gasteiger partial charge is 0.430 e. The summed E-state index contributed by atoms with van der Waals surface area (Å²) in [4.78, 5) is 0. The number of halogens is 1. The lowest BCUT2D eigenvalue weighted by Crippen LogP contribution is -2.13. The number of ether oxygens (including phenoxy) is 1. The second-order valence-electron chi connectivity index (χ2n) is 4.61. The Balaban J connectivity index is 2.03. The maximum atomic E-state index is 5.78. The average molecular weight is 356 g/mol. The van der Waals surface area contributed by atoms with Crippen LogP contribution in [0.5, 0.6) is 10.9 Å². The number of benzene rings is 1. The van der Waals surface area contributed by atoms with Crippen molar-refractivity contribution in [3.63, 3.8) is 0 Å². The Morgan fingerprint density at radius 1 is 1.25 bits per heavy atom. The van der Waals surface area contributed by atoms with Crippen LogP contribution in [0.2, 0.25) is 0 Å². The molecule has 0 aliphatic carbocycles. The monoisotopic (exact) mass is 355 g/mol. The lowest BCUT2D eigenvalue weighted by atomic mass is 10.1. The van der Waals surface area contributed by atoms with Gasteiger partial charge in [0.25, 0.3) is 5.19 Å². The Morgan fingerprint density at radius 2 is 1.95 bits per heavy atom. The molecule has 0 saturated carbocycles. The van der Waals surface area contributed by atoms with Crippen LogP contribution in [-0.4, -0.2) is 16.7 Å². The quantitative estimate of drug-likeness (QED) is 0.788. The van der Waals surface area contributed by atoms with E-state index in [0.29, 0.717) is 5.19 Å². The van der Waals surface area contributed by atoms with Crippen molar-refractivity contribution in [1.29, 1.82) is 0 Å². The molecule has 0 aliphatic heterocycles. The molecule has 108 valence electrons. The Kier molecular flexibility index (Phi) is 5.51. The van der Waals surface area contributed by atoms with Crippen molar-refractivity contribution < 1.29 is 4.74 Å². The van der Waals surface area contributed by atoms with E-state index in [9.17, 15) is 0 Å². The molecule has 0 aliphatic rings. The van der Waals surface area contributed by atoms with Crippen molar-refractivity contribution in [3.05, 3.63) is 32.7 Å². The zero-order chi connectivity index (χ0) is 14.5. The van der Waals surface area contributed by atoms with E-state index in [1.54, 1.807) is 0 Å². The molecule has 6 heteroatoms. The third-order valence-corrected chi connectivity index (χ3v) is 4.82. The minimum Gasteiger partial charge on any atom is -0.430 e. The van der Waals surface area contributed by atoms with Crippen molar-refractivity contribution in [2.24, 2.45) is 0 Å². The molecule has 2 aromatic rings.